The second-order valence-electron chi connectivity index (χ2n) is 4.08. The molecule has 0 saturated heterocycles. The van der Waals surface area contributed by atoms with Gasteiger partial charge in [-0.05, 0) is 36.5 Å². The van der Waals surface area contributed by atoms with Gasteiger partial charge in [0.05, 0.1) is 13.7 Å². The smallest absolute Gasteiger partial charge is 0.122 e. The summed E-state index contributed by atoms with van der Waals surface area (Å²) >= 11 is 0. The van der Waals surface area contributed by atoms with Crippen LogP contribution in [0.2, 0.25) is 0 Å². The van der Waals surface area contributed by atoms with E-state index in [1.54, 1.807) is 7.11 Å². The van der Waals surface area contributed by atoms with E-state index in [4.69, 9.17) is 4.74 Å². The number of allylic oxidation sites excluding steroid dienone is 1. The first kappa shape index (κ1) is 11.2. The van der Waals surface area contributed by atoms with Gasteiger partial charge in [0.2, 0.25) is 0 Å². The molecule has 0 spiro atoms. The van der Waals surface area contributed by atoms with Crippen molar-refractivity contribution in [2.24, 2.45) is 0 Å². The number of hydrogen-bond acceptors (Lipinski definition) is 2. The molecule has 0 unspecified atom stereocenters. The van der Waals surface area contributed by atoms with Gasteiger partial charge >= 0.3 is 0 Å². The molecule has 86 valence electrons. The minimum absolute atomic E-state index is 0.128. The highest BCUT2D eigenvalue weighted by Crippen LogP contribution is 2.36. The van der Waals surface area contributed by atoms with Crippen molar-refractivity contribution in [2.45, 2.75) is 26.2 Å². The average Bonchev–Trinajstić information content (AvgIpc) is 2.36. The van der Waals surface area contributed by atoms with Crippen molar-refractivity contribution in [1.82, 2.24) is 0 Å². The Balaban J connectivity index is 2.56. The van der Waals surface area contributed by atoms with Crippen molar-refractivity contribution in [3.05, 3.63) is 34.9 Å². The number of rotatable bonds is 3. The molecular weight excluding hydrogens is 200 g/mol. The largest absolute Gasteiger partial charge is 0.496 e. The molecule has 2 rings (SSSR count). The normalized spacial score (nSPS) is 14.9. The molecule has 0 radical (unpaired) electrons. The van der Waals surface area contributed by atoms with Crippen molar-refractivity contribution < 1.29 is 9.84 Å². The standard InChI is InChI=1S/C14H18O2/c1-3-10-7-8-12-11(13(10)9-15)5-4-6-14(12)16-2/h4-6,15H,3,7-9H2,1-2H3. The Morgan fingerprint density at radius 1 is 1.31 bits per heavy atom. The molecule has 1 aliphatic carbocycles. The fraction of sp³-hybridized carbons (Fsp3) is 0.429. The molecular formula is C14H18O2. The van der Waals surface area contributed by atoms with Crippen LogP contribution in [0.3, 0.4) is 0 Å². The third-order valence-corrected chi connectivity index (χ3v) is 3.37. The number of hydrogen-bond donors (Lipinski definition) is 1. The first-order valence-electron chi connectivity index (χ1n) is 5.79. The third-order valence-electron chi connectivity index (χ3n) is 3.37. The molecule has 0 aliphatic heterocycles. The van der Waals surface area contributed by atoms with E-state index in [1.807, 2.05) is 12.1 Å². The number of fused-ring (bicyclic) bond motifs is 1. The highest BCUT2D eigenvalue weighted by molar-refractivity contribution is 5.75. The fourth-order valence-corrected chi connectivity index (χ4v) is 2.50. The lowest BCUT2D eigenvalue weighted by Gasteiger charge is -2.23. The van der Waals surface area contributed by atoms with Crippen LogP contribution in [0, 0.1) is 0 Å². The second kappa shape index (κ2) is 4.71. The Kier molecular flexibility index (Phi) is 3.30. The molecule has 0 atom stereocenters. The molecule has 1 aromatic rings. The van der Waals surface area contributed by atoms with E-state index in [2.05, 4.69) is 13.0 Å². The van der Waals surface area contributed by atoms with E-state index < -0.39 is 0 Å². The Hall–Kier alpha value is -1.28. The first-order chi connectivity index (χ1) is 7.81. The second-order valence-corrected chi connectivity index (χ2v) is 4.08. The summed E-state index contributed by atoms with van der Waals surface area (Å²) in [5, 5.41) is 9.50. The first-order valence-corrected chi connectivity index (χ1v) is 5.79. The SMILES string of the molecule is CCC1=C(CO)c2cccc(OC)c2CC1. The highest BCUT2D eigenvalue weighted by Gasteiger charge is 2.19. The Labute approximate surface area is 96.6 Å². The number of aliphatic hydroxyl groups excluding tert-OH is 1. The van der Waals surface area contributed by atoms with Crippen LogP contribution in [0.4, 0.5) is 0 Å². The van der Waals surface area contributed by atoms with Crippen molar-refractivity contribution in [2.75, 3.05) is 13.7 Å². The van der Waals surface area contributed by atoms with Crippen LogP contribution in [0.15, 0.2) is 23.8 Å². The minimum atomic E-state index is 0.128. The van der Waals surface area contributed by atoms with Crippen molar-refractivity contribution >= 4 is 5.57 Å². The van der Waals surface area contributed by atoms with Crippen molar-refractivity contribution in [3.8, 4) is 5.75 Å². The zero-order valence-electron chi connectivity index (χ0n) is 9.92. The van der Waals surface area contributed by atoms with Crippen molar-refractivity contribution in [1.29, 1.82) is 0 Å². The van der Waals surface area contributed by atoms with Crippen LogP contribution in [-0.4, -0.2) is 18.8 Å². The van der Waals surface area contributed by atoms with Gasteiger partial charge in [-0.25, -0.2) is 0 Å². The highest BCUT2D eigenvalue weighted by atomic mass is 16.5. The maximum Gasteiger partial charge on any atom is 0.122 e. The van der Waals surface area contributed by atoms with Crippen molar-refractivity contribution in [3.63, 3.8) is 0 Å². The molecule has 2 nitrogen and oxygen atoms in total. The van der Waals surface area contributed by atoms with Gasteiger partial charge in [0, 0.05) is 5.56 Å². The predicted molar refractivity (Wildman–Crippen MR) is 65.6 cm³/mol. The number of benzene rings is 1. The fourth-order valence-electron chi connectivity index (χ4n) is 2.50. The summed E-state index contributed by atoms with van der Waals surface area (Å²) in [7, 11) is 1.70. The topological polar surface area (TPSA) is 29.5 Å². The Morgan fingerprint density at radius 2 is 2.12 bits per heavy atom. The maximum absolute atomic E-state index is 9.50. The van der Waals surface area contributed by atoms with Gasteiger partial charge in [0.25, 0.3) is 0 Å². The van der Waals surface area contributed by atoms with Crippen LogP contribution in [0.1, 0.15) is 30.9 Å². The number of ether oxygens (including phenoxy) is 1. The monoisotopic (exact) mass is 218 g/mol. The zero-order chi connectivity index (χ0) is 11.5. The number of aliphatic hydroxyl groups is 1. The van der Waals surface area contributed by atoms with E-state index in [0.717, 1.165) is 30.6 Å². The molecule has 0 fully saturated rings. The van der Waals surface area contributed by atoms with Gasteiger partial charge in [-0.1, -0.05) is 24.6 Å². The molecule has 0 saturated carbocycles. The number of methoxy groups -OCH3 is 1. The summed E-state index contributed by atoms with van der Waals surface area (Å²) in [5.74, 6) is 0.943. The van der Waals surface area contributed by atoms with E-state index in [0.29, 0.717) is 0 Å². The Bertz CT molecular complexity index is 419. The zero-order valence-corrected chi connectivity index (χ0v) is 9.92. The van der Waals surface area contributed by atoms with Gasteiger partial charge < -0.3 is 9.84 Å². The molecule has 0 heterocycles. The lowest BCUT2D eigenvalue weighted by molar-refractivity contribution is 0.348. The van der Waals surface area contributed by atoms with E-state index in [-0.39, 0.29) is 6.61 Å². The van der Waals surface area contributed by atoms with Gasteiger partial charge in [0.1, 0.15) is 5.75 Å². The summed E-state index contributed by atoms with van der Waals surface area (Å²) in [5.41, 5.74) is 4.89. The summed E-state index contributed by atoms with van der Waals surface area (Å²) in [4.78, 5) is 0. The molecule has 16 heavy (non-hydrogen) atoms. The van der Waals surface area contributed by atoms with Gasteiger partial charge in [-0.2, -0.15) is 0 Å². The van der Waals surface area contributed by atoms with Gasteiger partial charge in [-0.15, -0.1) is 0 Å². The van der Waals surface area contributed by atoms with Crippen LogP contribution < -0.4 is 4.74 Å². The lowest BCUT2D eigenvalue weighted by atomic mass is 9.84. The van der Waals surface area contributed by atoms with Crippen LogP contribution in [0.5, 0.6) is 5.75 Å². The lowest BCUT2D eigenvalue weighted by Crippen LogP contribution is -2.09. The summed E-state index contributed by atoms with van der Waals surface area (Å²) in [6, 6.07) is 6.06. The third kappa shape index (κ3) is 1.74. The summed E-state index contributed by atoms with van der Waals surface area (Å²) in [6.07, 6.45) is 3.08. The molecule has 1 N–H and O–H groups in total. The van der Waals surface area contributed by atoms with Gasteiger partial charge in [-0.3, -0.25) is 0 Å². The quantitative estimate of drug-likeness (QED) is 0.845. The summed E-state index contributed by atoms with van der Waals surface area (Å²) in [6.45, 7) is 2.28. The molecule has 1 aromatic carbocycles. The van der Waals surface area contributed by atoms with E-state index in [9.17, 15) is 5.11 Å². The van der Waals surface area contributed by atoms with E-state index in [1.165, 1.54) is 16.7 Å². The average molecular weight is 218 g/mol. The van der Waals surface area contributed by atoms with Crippen LogP contribution in [0.25, 0.3) is 5.57 Å². The van der Waals surface area contributed by atoms with Crippen LogP contribution >= 0.6 is 0 Å². The maximum atomic E-state index is 9.50. The Morgan fingerprint density at radius 3 is 2.75 bits per heavy atom. The predicted octanol–water partition coefficient (Wildman–Crippen LogP) is 2.80. The molecule has 1 aliphatic rings. The molecule has 2 heteroatoms. The molecule has 0 aromatic heterocycles. The molecule has 0 bridgehead atoms. The minimum Gasteiger partial charge on any atom is -0.496 e. The van der Waals surface area contributed by atoms with Gasteiger partial charge in [0.15, 0.2) is 0 Å². The summed E-state index contributed by atoms with van der Waals surface area (Å²) < 4.78 is 5.37. The molecule has 0 amide bonds. The van der Waals surface area contributed by atoms with Crippen LogP contribution in [-0.2, 0) is 6.42 Å². The van der Waals surface area contributed by atoms with E-state index >= 15 is 0 Å².